The molecule has 0 unspecified atom stereocenters. The number of aryl methyl sites for hydroxylation is 2. The molecular weight excluding hydrogens is 308 g/mol. The smallest absolute Gasteiger partial charge is 0.232 e. The van der Waals surface area contributed by atoms with Gasteiger partial charge in [0.2, 0.25) is 5.91 Å². The summed E-state index contributed by atoms with van der Waals surface area (Å²) < 4.78 is 0. The number of carbonyl (C=O) groups excluding carboxylic acids is 1. The van der Waals surface area contributed by atoms with Crippen molar-refractivity contribution in [2.24, 2.45) is 0 Å². The molecule has 2 aromatic rings. The summed E-state index contributed by atoms with van der Waals surface area (Å²) in [6, 6.07) is 16.9. The van der Waals surface area contributed by atoms with Gasteiger partial charge in [0.25, 0.3) is 0 Å². The molecule has 0 bridgehead atoms. The Hall–Kier alpha value is -2.29. The first-order chi connectivity index (χ1) is 11.9. The van der Waals surface area contributed by atoms with Crippen molar-refractivity contribution in [2.75, 3.05) is 31.1 Å². The lowest BCUT2D eigenvalue weighted by Crippen LogP contribution is -2.53. The molecule has 1 heterocycles. The van der Waals surface area contributed by atoms with Gasteiger partial charge in [0, 0.05) is 31.9 Å². The maximum Gasteiger partial charge on any atom is 0.232 e. The number of anilines is 1. The van der Waals surface area contributed by atoms with Crippen LogP contribution in [0.25, 0.3) is 0 Å². The Labute approximate surface area is 151 Å². The van der Waals surface area contributed by atoms with Crippen LogP contribution < -0.4 is 4.90 Å². The maximum atomic E-state index is 13.1. The number of hydrogen-bond acceptors (Lipinski definition) is 2. The minimum absolute atomic E-state index is 0.222. The van der Waals surface area contributed by atoms with Crippen LogP contribution in [0, 0.1) is 13.8 Å². The minimum atomic E-state index is -0.487. The third kappa shape index (κ3) is 3.71. The van der Waals surface area contributed by atoms with Crippen molar-refractivity contribution in [2.45, 2.75) is 33.1 Å². The van der Waals surface area contributed by atoms with Gasteiger partial charge in [-0.3, -0.25) is 4.79 Å². The molecule has 2 aromatic carbocycles. The highest BCUT2D eigenvalue weighted by molar-refractivity contribution is 5.87. The first-order valence-corrected chi connectivity index (χ1v) is 9.06. The summed E-state index contributed by atoms with van der Waals surface area (Å²) in [6.45, 7) is 11.6. The summed E-state index contributed by atoms with van der Waals surface area (Å²) in [5, 5.41) is 0. The molecule has 3 rings (SSSR count). The van der Waals surface area contributed by atoms with E-state index in [4.69, 9.17) is 0 Å². The fourth-order valence-electron chi connectivity index (χ4n) is 3.48. The van der Waals surface area contributed by atoms with Crippen molar-refractivity contribution < 1.29 is 4.79 Å². The molecule has 0 aliphatic carbocycles. The molecule has 1 amide bonds. The zero-order valence-electron chi connectivity index (χ0n) is 15.7. The summed E-state index contributed by atoms with van der Waals surface area (Å²) >= 11 is 0. The summed E-state index contributed by atoms with van der Waals surface area (Å²) in [6.07, 6.45) is 0. The van der Waals surface area contributed by atoms with E-state index >= 15 is 0 Å². The molecule has 0 atom stereocenters. The van der Waals surface area contributed by atoms with Gasteiger partial charge in [-0.15, -0.1) is 0 Å². The molecule has 1 saturated heterocycles. The summed E-state index contributed by atoms with van der Waals surface area (Å²) in [5.41, 5.74) is 4.35. The van der Waals surface area contributed by atoms with E-state index in [0.29, 0.717) is 0 Å². The highest BCUT2D eigenvalue weighted by Gasteiger charge is 2.35. The van der Waals surface area contributed by atoms with Crippen molar-refractivity contribution in [1.29, 1.82) is 0 Å². The quantitative estimate of drug-likeness (QED) is 0.848. The van der Waals surface area contributed by atoms with Gasteiger partial charge in [0.15, 0.2) is 0 Å². The van der Waals surface area contributed by atoms with Crippen LogP contribution in [0.1, 0.15) is 30.5 Å². The second-order valence-electron chi connectivity index (χ2n) is 7.61. The topological polar surface area (TPSA) is 23.6 Å². The van der Waals surface area contributed by atoms with Gasteiger partial charge in [0.05, 0.1) is 5.41 Å². The molecule has 0 spiro atoms. The average Bonchev–Trinajstić information content (AvgIpc) is 2.61. The molecule has 132 valence electrons. The Kier molecular flexibility index (Phi) is 4.85. The molecular formula is C22H28N2O. The first kappa shape index (κ1) is 17.5. The number of carbonyl (C=O) groups is 1. The number of piperazine rings is 1. The first-order valence-electron chi connectivity index (χ1n) is 9.06. The molecule has 25 heavy (non-hydrogen) atoms. The van der Waals surface area contributed by atoms with Crippen LogP contribution in [0.5, 0.6) is 0 Å². The predicted molar refractivity (Wildman–Crippen MR) is 104 cm³/mol. The standard InChI is InChI=1S/C22H28N2O/c1-17-8-10-19(11-9-17)22(3,4)21(25)24-14-12-23(13-15-24)20-7-5-6-18(2)16-20/h5-11,16H,12-15H2,1-4H3. The van der Waals surface area contributed by atoms with Crippen LogP contribution in [0.2, 0.25) is 0 Å². The zero-order chi connectivity index (χ0) is 18.0. The minimum Gasteiger partial charge on any atom is -0.368 e. The highest BCUT2D eigenvalue weighted by Crippen LogP contribution is 2.27. The normalized spacial score (nSPS) is 15.4. The second kappa shape index (κ2) is 6.91. The lowest BCUT2D eigenvalue weighted by atomic mass is 9.82. The molecule has 0 aromatic heterocycles. The van der Waals surface area contributed by atoms with Gasteiger partial charge in [-0.05, 0) is 51.0 Å². The number of amides is 1. The fraction of sp³-hybridized carbons (Fsp3) is 0.409. The molecule has 0 radical (unpaired) electrons. The Bertz CT molecular complexity index is 741. The SMILES string of the molecule is Cc1ccc(C(C)(C)C(=O)N2CCN(c3cccc(C)c3)CC2)cc1. The highest BCUT2D eigenvalue weighted by atomic mass is 16.2. The Morgan fingerprint density at radius 3 is 2.12 bits per heavy atom. The van der Waals surface area contributed by atoms with Gasteiger partial charge in [-0.1, -0.05) is 42.0 Å². The number of rotatable bonds is 3. The number of benzene rings is 2. The van der Waals surface area contributed by atoms with Crippen molar-refractivity contribution in [3.63, 3.8) is 0 Å². The van der Waals surface area contributed by atoms with Crippen molar-refractivity contribution in [1.82, 2.24) is 4.90 Å². The maximum absolute atomic E-state index is 13.1. The third-order valence-corrected chi connectivity index (χ3v) is 5.24. The molecule has 0 saturated carbocycles. The fourth-order valence-corrected chi connectivity index (χ4v) is 3.48. The monoisotopic (exact) mass is 336 g/mol. The molecule has 3 heteroatoms. The molecule has 1 aliphatic heterocycles. The van der Waals surface area contributed by atoms with E-state index in [1.165, 1.54) is 16.8 Å². The molecule has 0 N–H and O–H groups in total. The van der Waals surface area contributed by atoms with Crippen molar-refractivity contribution in [3.05, 3.63) is 65.2 Å². The Balaban J connectivity index is 1.67. The van der Waals surface area contributed by atoms with Crippen LogP contribution in [0.3, 0.4) is 0 Å². The number of hydrogen-bond donors (Lipinski definition) is 0. The Morgan fingerprint density at radius 2 is 1.52 bits per heavy atom. The second-order valence-corrected chi connectivity index (χ2v) is 7.61. The Morgan fingerprint density at radius 1 is 0.880 bits per heavy atom. The molecule has 1 aliphatic rings. The van der Waals surface area contributed by atoms with E-state index in [1.54, 1.807) is 0 Å². The number of nitrogens with zero attached hydrogens (tertiary/aromatic N) is 2. The lowest BCUT2D eigenvalue weighted by Gasteiger charge is -2.39. The average molecular weight is 336 g/mol. The molecule has 3 nitrogen and oxygen atoms in total. The van der Waals surface area contributed by atoms with Crippen LogP contribution >= 0.6 is 0 Å². The van der Waals surface area contributed by atoms with Crippen LogP contribution in [0.4, 0.5) is 5.69 Å². The van der Waals surface area contributed by atoms with E-state index in [0.717, 1.165) is 31.7 Å². The van der Waals surface area contributed by atoms with Gasteiger partial charge in [0.1, 0.15) is 0 Å². The summed E-state index contributed by atoms with van der Waals surface area (Å²) in [7, 11) is 0. The van der Waals surface area contributed by atoms with Crippen LogP contribution in [0.15, 0.2) is 48.5 Å². The summed E-state index contributed by atoms with van der Waals surface area (Å²) in [5.74, 6) is 0.222. The van der Waals surface area contributed by atoms with E-state index in [9.17, 15) is 4.79 Å². The van der Waals surface area contributed by atoms with Crippen molar-refractivity contribution in [3.8, 4) is 0 Å². The van der Waals surface area contributed by atoms with Crippen LogP contribution in [-0.2, 0) is 10.2 Å². The lowest BCUT2D eigenvalue weighted by molar-refractivity contribution is -0.136. The van der Waals surface area contributed by atoms with E-state index in [2.05, 4.69) is 67.3 Å². The van der Waals surface area contributed by atoms with Gasteiger partial charge < -0.3 is 9.80 Å². The zero-order valence-corrected chi connectivity index (χ0v) is 15.7. The predicted octanol–water partition coefficient (Wildman–Crippen LogP) is 3.93. The van der Waals surface area contributed by atoms with Gasteiger partial charge in [-0.25, -0.2) is 0 Å². The van der Waals surface area contributed by atoms with Crippen LogP contribution in [-0.4, -0.2) is 37.0 Å². The van der Waals surface area contributed by atoms with Crippen molar-refractivity contribution >= 4 is 11.6 Å². The van der Waals surface area contributed by atoms with E-state index in [1.807, 2.05) is 18.7 Å². The van der Waals surface area contributed by atoms with Gasteiger partial charge >= 0.3 is 0 Å². The largest absolute Gasteiger partial charge is 0.368 e. The van der Waals surface area contributed by atoms with Gasteiger partial charge in [-0.2, -0.15) is 0 Å². The van der Waals surface area contributed by atoms with E-state index in [-0.39, 0.29) is 5.91 Å². The van der Waals surface area contributed by atoms with E-state index < -0.39 is 5.41 Å². The third-order valence-electron chi connectivity index (χ3n) is 5.24. The molecule has 1 fully saturated rings. The summed E-state index contributed by atoms with van der Waals surface area (Å²) in [4.78, 5) is 17.5.